The molecule has 0 unspecified atom stereocenters. The first kappa shape index (κ1) is 62.6. The molecule has 0 bridgehead atoms. The molecule has 0 aliphatic rings. The van der Waals surface area contributed by atoms with Crippen molar-refractivity contribution in [2.75, 3.05) is 13.2 Å². The van der Waals surface area contributed by atoms with E-state index in [0.717, 1.165) is 116 Å². The fourth-order valence-corrected chi connectivity index (χ4v) is 7.39. The maximum absolute atomic E-state index is 12.8. The Balaban J connectivity index is 4.49. The van der Waals surface area contributed by atoms with Crippen molar-refractivity contribution >= 4 is 17.9 Å². The van der Waals surface area contributed by atoms with Gasteiger partial charge in [-0.25, -0.2) is 0 Å². The highest BCUT2D eigenvalue weighted by molar-refractivity contribution is 5.71. The standard InChI is InChI=1S/C60H102O6/c1-4-7-10-13-16-19-22-25-28-30-32-35-38-41-44-47-50-53-59(62)65-56-57(55-64-58(61)52-49-46-43-40-37-34-27-24-21-18-15-12-9-6-3)66-60(63)54-51-48-45-42-39-36-33-31-29-26-23-20-17-14-11-8-5-2/h16-17,19-20,24-29,32-33,35-36,57H,4-15,18,21-23,30-31,34,37-56H2,1-3H3/b19-16+,20-17+,27-24+,28-25+,29-26+,35-32+,36-33+/t57-/m1/s1. The molecule has 0 N–H and O–H groups in total. The fourth-order valence-electron chi connectivity index (χ4n) is 7.39. The first-order chi connectivity index (χ1) is 32.5. The van der Waals surface area contributed by atoms with Gasteiger partial charge in [-0.3, -0.25) is 14.4 Å². The van der Waals surface area contributed by atoms with Crippen LogP contribution in [0.25, 0.3) is 0 Å². The fraction of sp³-hybridized carbons (Fsp3) is 0.717. The van der Waals surface area contributed by atoms with Crippen LogP contribution in [0.15, 0.2) is 85.1 Å². The Morgan fingerprint density at radius 1 is 0.303 bits per heavy atom. The normalized spacial score (nSPS) is 12.7. The number of carbonyl (C=O) groups is 3. The zero-order valence-electron chi connectivity index (χ0n) is 43.2. The van der Waals surface area contributed by atoms with E-state index in [1.807, 2.05) is 0 Å². The maximum Gasteiger partial charge on any atom is 0.306 e. The van der Waals surface area contributed by atoms with Crippen LogP contribution < -0.4 is 0 Å². The number of ether oxygens (including phenoxy) is 3. The molecule has 0 aromatic heterocycles. The topological polar surface area (TPSA) is 78.9 Å². The van der Waals surface area contributed by atoms with Gasteiger partial charge in [0, 0.05) is 19.3 Å². The van der Waals surface area contributed by atoms with E-state index in [1.165, 1.54) is 103 Å². The quantitative estimate of drug-likeness (QED) is 0.0262. The number of unbranched alkanes of at least 4 members (excludes halogenated alkanes) is 24. The van der Waals surface area contributed by atoms with Crippen molar-refractivity contribution in [3.63, 3.8) is 0 Å². The highest BCUT2D eigenvalue weighted by Crippen LogP contribution is 2.13. The number of allylic oxidation sites excluding steroid dienone is 14. The van der Waals surface area contributed by atoms with Gasteiger partial charge in [0.25, 0.3) is 0 Å². The summed E-state index contributed by atoms with van der Waals surface area (Å²) in [5.41, 5.74) is 0. The van der Waals surface area contributed by atoms with Crippen LogP contribution in [0.4, 0.5) is 0 Å². The lowest BCUT2D eigenvalue weighted by Crippen LogP contribution is -2.30. The molecule has 0 amide bonds. The molecule has 6 heteroatoms. The van der Waals surface area contributed by atoms with E-state index in [1.54, 1.807) is 0 Å². The molecule has 0 spiro atoms. The van der Waals surface area contributed by atoms with Gasteiger partial charge < -0.3 is 14.2 Å². The Hall–Kier alpha value is -3.41. The highest BCUT2D eigenvalue weighted by Gasteiger charge is 2.19. The van der Waals surface area contributed by atoms with Crippen LogP contribution in [0.3, 0.4) is 0 Å². The van der Waals surface area contributed by atoms with Crippen molar-refractivity contribution in [1.29, 1.82) is 0 Å². The molecule has 66 heavy (non-hydrogen) atoms. The minimum atomic E-state index is -0.801. The third kappa shape index (κ3) is 51.6. The molecule has 378 valence electrons. The second-order valence-corrected chi connectivity index (χ2v) is 18.1. The molecule has 0 radical (unpaired) electrons. The Kier molecular flexibility index (Phi) is 51.4. The second kappa shape index (κ2) is 54.2. The predicted octanol–water partition coefficient (Wildman–Crippen LogP) is 18.4. The molecule has 0 saturated carbocycles. The van der Waals surface area contributed by atoms with E-state index in [9.17, 15) is 14.4 Å². The highest BCUT2D eigenvalue weighted by atomic mass is 16.6. The lowest BCUT2D eigenvalue weighted by Gasteiger charge is -2.18. The summed E-state index contributed by atoms with van der Waals surface area (Å²) < 4.78 is 16.8. The largest absolute Gasteiger partial charge is 0.462 e. The Morgan fingerprint density at radius 3 is 0.894 bits per heavy atom. The van der Waals surface area contributed by atoms with Crippen LogP contribution in [0.5, 0.6) is 0 Å². The van der Waals surface area contributed by atoms with Crippen molar-refractivity contribution < 1.29 is 28.6 Å². The zero-order valence-corrected chi connectivity index (χ0v) is 43.2. The molecule has 0 aromatic rings. The molecule has 1 atom stereocenters. The van der Waals surface area contributed by atoms with Crippen molar-refractivity contribution in [1.82, 2.24) is 0 Å². The van der Waals surface area contributed by atoms with E-state index in [4.69, 9.17) is 14.2 Å². The number of carbonyl (C=O) groups excluding carboxylic acids is 3. The molecule has 0 heterocycles. The Bertz CT molecular complexity index is 1290. The summed E-state index contributed by atoms with van der Waals surface area (Å²) in [4.78, 5) is 38.1. The van der Waals surface area contributed by atoms with Crippen LogP contribution in [0.2, 0.25) is 0 Å². The van der Waals surface area contributed by atoms with E-state index in [2.05, 4.69) is 106 Å². The summed E-state index contributed by atoms with van der Waals surface area (Å²) in [6, 6.07) is 0. The molecule has 0 fully saturated rings. The number of hydrogen-bond acceptors (Lipinski definition) is 6. The van der Waals surface area contributed by atoms with Crippen molar-refractivity contribution in [3.05, 3.63) is 85.1 Å². The summed E-state index contributed by atoms with van der Waals surface area (Å²) in [5.74, 6) is -0.947. The van der Waals surface area contributed by atoms with Crippen LogP contribution in [0.1, 0.15) is 258 Å². The van der Waals surface area contributed by atoms with Crippen LogP contribution in [0, 0.1) is 0 Å². The third-order valence-corrected chi connectivity index (χ3v) is 11.6. The van der Waals surface area contributed by atoms with E-state index < -0.39 is 6.10 Å². The van der Waals surface area contributed by atoms with Gasteiger partial charge in [-0.2, -0.15) is 0 Å². The summed E-state index contributed by atoms with van der Waals surface area (Å²) in [5, 5.41) is 0. The van der Waals surface area contributed by atoms with Crippen molar-refractivity contribution in [2.24, 2.45) is 0 Å². The summed E-state index contributed by atoms with van der Waals surface area (Å²) >= 11 is 0. The maximum atomic E-state index is 12.8. The average molecular weight is 919 g/mol. The van der Waals surface area contributed by atoms with Gasteiger partial charge in [0.1, 0.15) is 13.2 Å². The molecule has 6 nitrogen and oxygen atoms in total. The monoisotopic (exact) mass is 919 g/mol. The van der Waals surface area contributed by atoms with Crippen LogP contribution in [-0.2, 0) is 28.6 Å². The predicted molar refractivity (Wildman–Crippen MR) is 284 cm³/mol. The zero-order chi connectivity index (χ0) is 47.9. The lowest BCUT2D eigenvalue weighted by atomic mass is 10.1. The van der Waals surface area contributed by atoms with Gasteiger partial charge >= 0.3 is 17.9 Å². The summed E-state index contributed by atoms with van der Waals surface area (Å²) in [6.07, 6.45) is 69.9. The smallest absolute Gasteiger partial charge is 0.306 e. The lowest BCUT2D eigenvalue weighted by molar-refractivity contribution is -0.167. The summed E-state index contributed by atoms with van der Waals surface area (Å²) in [6.45, 7) is 6.53. The SMILES string of the molecule is CCCCC/C=C/C/C=C/C/C=C/CCCCCCC(=O)OC[C@@H](COC(=O)CCCCCCC/C=C/CCCCCCC)OC(=O)CCCCCC/C=C/C/C=C/C/C=C/CCCCC. The van der Waals surface area contributed by atoms with E-state index in [0.29, 0.717) is 19.3 Å². The molecule has 0 aliphatic heterocycles. The van der Waals surface area contributed by atoms with Gasteiger partial charge in [0.05, 0.1) is 0 Å². The number of hydrogen-bond donors (Lipinski definition) is 0. The van der Waals surface area contributed by atoms with Gasteiger partial charge in [-0.1, -0.05) is 202 Å². The summed E-state index contributed by atoms with van der Waals surface area (Å²) in [7, 11) is 0. The van der Waals surface area contributed by atoms with Crippen LogP contribution in [-0.4, -0.2) is 37.2 Å². The van der Waals surface area contributed by atoms with Crippen molar-refractivity contribution in [3.8, 4) is 0 Å². The minimum absolute atomic E-state index is 0.0977. The molecule has 0 saturated heterocycles. The second-order valence-electron chi connectivity index (χ2n) is 18.1. The number of rotatable bonds is 49. The van der Waals surface area contributed by atoms with Gasteiger partial charge in [0.2, 0.25) is 0 Å². The molecule has 0 aromatic carbocycles. The third-order valence-electron chi connectivity index (χ3n) is 11.6. The number of esters is 3. The van der Waals surface area contributed by atoms with Gasteiger partial charge in [-0.05, 0) is 122 Å². The van der Waals surface area contributed by atoms with E-state index in [-0.39, 0.29) is 31.1 Å². The van der Waals surface area contributed by atoms with Crippen molar-refractivity contribution in [2.45, 2.75) is 264 Å². The molecule has 0 rings (SSSR count). The first-order valence-electron chi connectivity index (χ1n) is 27.6. The Morgan fingerprint density at radius 2 is 0.545 bits per heavy atom. The minimum Gasteiger partial charge on any atom is -0.462 e. The first-order valence-corrected chi connectivity index (χ1v) is 27.6. The van der Waals surface area contributed by atoms with E-state index >= 15 is 0 Å². The van der Waals surface area contributed by atoms with Gasteiger partial charge in [0.15, 0.2) is 6.10 Å². The van der Waals surface area contributed by atoms with Crippen LogP contribution >= 0.6 is 0 Å². The molecular formula is C60H102O6. The molecular weight excluding hydrogens is 817 g/mol. The Labute approximate surface area is 407 Å². The van der Waals surface area contributed by atoms with Gasteiger partial charge in [-0.15, -0.1) is 0 Å². The molecule has 0 aliphatic carbocycles. The average Bonchev–Trinajstić information content (AvgIpc) is 3.31.